The average Bonchev–Trinajstić information content (AvgIpc) is 2.02. The molecule has 1 rings (SSSR count). The molecule has 0 bridgehead atoms. The first-order chi connectivity index (χ1) is 6.11. The molecule has 0 aliphatic heterocycles. The Morgan fingerprint density at radius 1 is 1.38 bits per heavy atom. The molecule has 1 nitrogen and oxygen atoms in total. The summed E-state index contributed by atoms with van der Waals surface area (Å²) in [6.07, 6.45) is 0.856. The van der Waals surface area contributed by atoms with Crippen molar-refractivity contribution in [3.8, 4) is 0 Å². The number of halogens is 1. The van der Waals surface area contributed by atoms with Gasteiger partial charge in [-0.05, 0) is 49.1 Å². The van der Waals surface area contributed by atoms with Crippen LogP contribution >= 0.6 is 0 Å². The van der Waals surface area contributed by atoms with Crippen LogP contribution in [0.3, 0.4) is 0 Å². The van der Waals surface area contributed by atoms with Crippen LogP contribution in [-0.2, 0) is 6.42 Å². The smallest absolute Gasteiger partial charge is 0.123 e. The zero-order chi connectivity index (χ0) is 9.84. The standard InChI is InChI=1S/C11H16FN/c1-8-3-10(4-9(2)7-13)6-11(12)5-8/h3,5-6,9H,4,7,13H2,1-2H3. The van der Waals surface area contributed by atoms with Gasteiger partial charge in [0.05, 0.1) is 0 Å². The lowest BCUT2D eigenvalue weighted by molar-refractivity contribution is 0.583. The summed E-state index contributed by atoms with van der Waals surface area (Å²) < 4.78 is 13.0. The van der Waals surface area contributed by atoms with Crippen molar-refractivity contribution < 1.29 is 4.39 Å². The minimum absolute atomic E-state index is 0.153. The third kappa shape index (κ3) is 3.15. The summed E-state index contributed by atoms with van der Waals surface area (Å²) in [4.78, 5) is 0. The Balaban J connectivity index is 2.77. The van der Waals surface area contributed by atoms with Gasteiger partial charge in [-0.3, -0.25) is 0 Å². The van der Waals surface area contributed by atoms with Crippen molar-refractivity contribution >= 4 is 0 Å². The van der Waals surface area contributed by atoms with E-state index in [9.17, 15) is 4.39 Å². The molecular formula is C11H16FN. The fraction of sp³-hybridized carbons (Fsp3) is 0.455. The number of hydrogen-bond donors (Lipinski definition) is 1. The number of benzene rings is 1. The van der Waals surface area contributed by atoms with Crippen molar-refractivity contribution in [1.29, 1.82) is 0 Å². The van der Waals surface area contributed by atoms with Crippen molar-refractivity contribution in [2.24, 2.45) is 11.7 Å². The van der Waals surface area contributed by atoms with E-state index >= 15 is 0 Å². The van der Waals surface area contributed by atoms with E-state index in [1.807, 2.05) is 13.0 Å². The van der Waals surface area contributed by atoms with Gasteiger partial charge in [0, 0.05) is 0 Å². The van der Waals surface area contributed by atoms with E-state index in [0.29, 0.717) is 12.5 Å². The van der Waals surface area contributed by atoms with Crippen LogP contribution in [0.25, 0.3) is 0 Å². The third-order valence-corrected chi connectivity index (χ3v) is 2.09. The summed E-state index contributed by atoms with van der Waals surface area (Å²) in [6, 6.07) is 5.13. The molecule has 0 aromatic heterocycles. The minimum Gasteiger partial charge on any atom is -0.330 e. The second kappa shape index (κ2) is 4.38. The molecule has 0 aliphatic rings. The van der Waals surface area contributed by atoms with E-state index in [2.05, 4.69) is 6.92 Å². The molecule has 0 fully saturated rings. The van der Waals surface area contributed by atoms with E-state index in [-0.39, 0.29) is 5.82 Å². The van der Waals surface area contributed by atoms with Crippen molar-refractivity contribution in [3.05, 3.63) is 35.1 Å². The van der Waals surface area contributed by atoms with Gasteiger partial charge in [0.2, 0.25) is 0 Å². The first-order valence-electron chi connectivity index (χ1n) is 4.58. The number of nitrogens with two attached hydrogens (primary N) is 1. The maximum Gasteiger partial charge on any atom is 0.123 e. The number of rotatable bonds is 3. The largest absolute Gasteiger partial charge is 0.330 e. The molecule has 0 heterocycles. The van der Waals surface area contributed by atoms with Crippen LogP contribution in [-0.4, -0.2) is 6.54 Å². The van der Waals surface area contributed by atoms with Crippen LogP contribution < -0.4 is 5.73 Å². The molecule has 0 amide bonds. The fourth-order valence-electron chi connectivity index (χ4n) is 1.42. The van der Waals surface area contributed by atoms with Crippen molar-refractivity contribution in [1.82, 2.24) is 0 Å². The topological polar surface area (TPSA) is 26.0 Å². The molecule has 1 atom stereocenters. The Morgan fingerprint density at radius 3 is 2.62 bits per heavy atom. The zero-order valence-corrected chi connectivity index (χ0v) is 8.18. The Bertz CT molecular complexity index is 263. The Labute approximate surface area is 78.8 Å². The first-order valence-corrected chi connectivity index (χ1v) is 4.58. The maximum absolute atomic E-state index is 13.0. The van der Waals surface area contributed by atoms with E-state index < -0.39 is 0 Å². The van der Waals surface area contributed by atoms with Crippen LogP contribution in [0.5, 0.6) is 0 Å². The highest BCUT2D eigenvalue weighted by Crippen LogP contribution is 2.12. The average molecular weight is 181 g/mol. The molecule has 13 heavy (non-hydrogen) atoms. The van der Waals surface area contributed by atoms with E-state index in [1.165, 1.54) is 6.07 Å². The summed E-state index contributed by atoms with van der Waals surface area (Å²) in [5, 5.41) is 0. The Morgan fingerprint density at radius 2 is 2.08 bits per heavy atom. The lowest BCUT2D eigenvalue weighted by Crippen LogP contribution is -2.13. The monoisotopic (exact) mass is 181 g/mol. The van der Waals surface area contributed by atoms with E-state index in [0.717, 1.165) is 17.5 Å². The number of aryl methyl sites for hydroxylation is 1. The number of hydrogen-bond acceptors (Lipinski definition) is 1. The quantitative estimate of drug-likeness (QED) is 0.760. The summed E-state index contributed by atoms with van der Waals surface area (Å²) >= 11 is 0. The van der Waals surface area contributed by atoms with Gasteiger partial charge in [0.25, 0.3) is 0 Å². The normalized spacial score (nSPS) is 12.9. The van der Waals surface area contributed by atoms with Crippen molar-refractivity contribution in [3.63, 3.8) is 0 Å². The maximum atomic E-state index is 13.0. The van der Waals surface area contributed by atoms with Gasteiger partial charge in [-0.1, -0.05) is 13.0 Å². The fourth-order valence-corrected chi connectivity index (χ4v) is 1.42. The van der Waals surface area contributed by atoms with Crippen LogP contribution in [0.4, 0.5) is 4.39 Å². The van der Waals surface area contributed by atoms with Gasteiger partial charge in [0.1, 0.15) is 5.82 Å². The SMILES string of the molecule is Cc1cc(F)cc(CC(C)CN)c1. The van der Waals surface area contributed by atoms with Crippen LogP contribution in [0.15, 0.2) is 18.2 Å². The molecule has 0 saturated carbocycles. The zero-order valence-electron chi connectivity index (χ0n) is 8.18. The summed E-state index contributed by atoms with van der Waals surface area (Å²) in [5.41, 5.74) is 7.51. The van der Waals surface area contributed by atoms with Crippen LogP contribution in [0.1, 0.15) is 18.1 Å². The van der Waals surface area contributed by atoms with Crippen molar-refractivity contribution in [2.75, 3.05) is 6.54 Å². The lowest BCUT2D eigenvalue weighted by atomic mass is 10.00. The Hall–Kier alpha value is -0.890. The van der Waals surface area contributed by atoms with Crippen molar-refractivity contribution in [2.45, 2.75) is 20.3 Å². The van der Waals surface area contributed by atoms with Crippen LogP contribution in [0, 0.1) is 18.7 Å². The molecule has 0 saturated heterocycles. The summed E-state index contributed by atoms with van der Waals surface area (Å²) in [6.45, 7) is 4.62. The van der Waals surface area contributed by atoms with Gasteiger partial charge < -0.3 is 5.73 Å². The molecular weight excluding hydrogens is 165 g/mol. The first kappa shape index (κ1) is 10.2. The highest BCUT2D eigenvalue weighted by atomic mass is 19.1. The highest BCUT2D eigenvalue weighted by Gasteiger charge is 2.03. The predicted octanol–water partition coefficient (Wildman–Crippen LogP) is 2.27. The summed E-state index contributed by atoms with van der Waals surface area (Å²) in [7, 11) is 0. The molecule has 2 N–H and O–H groups in total. The Kier molecular flexibility index (Phi) is 3.43. The van der Waals surface area contributed by atoms with Gasteiger partial charge >= 0.3 is 0 Å². The predicted molar refractivity (Wildman–Crippen MR) is 53.1 cm³/mol. The van der Waals surface area contributed by atoms with Gasteiger partial charge in [-0.25, -0.2) is 4.39 Å². The van der Waals surface area contributed by atoms with Crippen LogP contribution in [0.2, 0.25) is 0 Å². The summed E-state index contributed by atoms with van der Waals surface area (Å²) in [5.74, 6) is 0.264. The second-order valence-electron chi connectivity index (χ2n) is 3.68. The molecule has 1 aromatic carbocycles. The highest BCUT2D eigenvalue weighted by molar-refractivity contribution is 5.23. The van der Waals surface area contributed by atoms with Gasteiger partial charge in [0.15, 0.2) is 0 Å². The van der Waals surface area contributed by atoms with Gasteiger partial charge in [-0.15, -0.1) is 0 Å². The molecule has 2 heteroatoms. The minimum atomic E-state index is -0.153. The third-order valence-electron chi connectivity index (χ3n) is 2.09. The van der Waals surface area contributed by atoms with Gasteiger partial charge in [-0.2, -0.15) is 0 Å². The van der Waals surface area contributed by atoms with E-state index in [1.54, 1.807) is 6.07 Å². The molecule has 1 aromatic rings. The molecule has 72 valence electrons. The molecule has 0 spiro atoms. The molecule has 1 unspecified atom stereocenters. The lowest BCUT2D eigenvalue weighted by Gasteiger charge is -2.08. The second-order valence-corrected chi connectivity index (χ2v) is 3.68. The molecule has 0 radical (unpaired) electrons. The molecule has 0 aliphatic carbocycles. The van der Waals surface area contributed by atoms with E-state index in [4.69, 9.17) is 5.73 Å².